The van der Waals surface area contributed by atoms with E-state index in [1.165, 1.54) is 16.7 Å². The van der Waals surface area contributed by atoms with E-state index < -0.39 is 0 Å². The summed E-state index contributed by atoms with van der Waals surface area (Å²) in [5.41, 5.74) is 4.63. The monoisotopic (exact) mass is 328 g/mol. The number of thioether (sulfide) groups is 1. The van der Waals surface area contributed by atoms with Crippen molar-refractivity contribution in [3.8, 4) is 0 Å². The summed E-state index contributed by atoms with van der Waals surface area (Å²) in [7, 11) is 1.97. The Morgan fingerprint density at radius 1 is 1.13 bits per heavy atom. The van der Waals surface area contributed by atoms with Crippen LogP contribution in [0.25, 0.3) is 0 Å². The van der Waals surface area contributed by atoms with Crippen LogP contribution in [0.3, 0.4) is 0 Å². The fourth-order valence-corrected chi connectivity index (χ4v) is 3.26. The van der Waals surface area contributed by atoms with E-state index in [-0.39, 0.29) is 5.91 Å². The highest BCUT2D eigenvalue weighted by Gasteiger charge is 2.10. The Balaban J connectivity index is 1.94. The molecule has 0 aliphatic rings. The number of nitrogens with one attached hydrogen (secondary N) is 1. The highest BCUT2D eigenvalue weighted by atomic mass is 32.2. The number of hydrogen-bond donors (Lipinski definition) is 1. The molecule has 4 heteroatoms. The topological polar surface area (TPSA) is 32.3 Å². The highest BCUT2D eigenvalue weighted by Crippen LogP contribution is 2.24. The van der Waals surface area contributed by atoms with E-state index in [2.05, 4.69) is 37.4 Å². The van der Waals surface area contributed by atoms with E-state index in [4.69, 9.17) is 0 Å². The van der Waals surface area contributed by atoms with Crippen molar-refractivity contribution in [3.05, 3.63) is 59.2 Å². The minimum absolute atomic E-state index is 0.0124. The number of amides is 1. The average molecular weight is 328 g/mol. The van der Waals surface area contributed by atoms with Crippen molar-refractivity contribution in [2.45, 2.75) is 25.3 Å². The second-order valence-corrected chi connectivity index (χ2v) is 6.76. The molecule has 0 aliphatic heterocycles. The summed E-state index contributed by atoms with van der Waals surface area (Å²) in [5, 5.41) is 3.00. The smallest absolute Gasteiger partial charge is 0.238 e. The van der Waals surface area contributed by atoms with Crippen LogP contribution in [0.15, 0.2) is 47.4 Å². The summed E-state index contributed by atoms with van der Waals surface area (Å²) in [6.45, 7) is 5.33. The molecule has 0 aliphatic carbocycles. The zero-order chi connectivity index (χ0) is 16.8. The van der Waals surface area contributed by atoms with Crippen LogP contribution in [0.1, 0.15) is 16.7 Å². The third kappa shape index (κ3) is 5.41. The highest BCUT2D eigenvalue weighted by molar-refractivity contribution is 7.98. The van der Waals surface area contributed by atoms with Gasteiger partial charge >= 0.3 is 0 Å². The van der Waals surface area contributed by atoms with Crippen molar-refractivity contribution < 1.29 is 4.79 Å². The van der Waals surface area contributed by atoms with Gasteiger partial charge in [0, 0.05) is 11.4 Å². The Morgan fingerprint density at radius 3 is 2.43 bits per heavy atom. The van der Waals surface area contributed by atoms with E-state index >= 15 is 0 Å². The van der Waals surface area contributed by atoms with Gasteiger partial charge in [-0.15, -0.1) is 11.8 Å². The summed E-state index contributed by atoms with van der Waals surface area (Å²) in [4.78, 5) is 15.4. The molecule has 0 aromatic heterocycles. The molecule has 122 valence electrons. The Kier molecular flexibility index (Phi) is 6.25. The predicted octanol–water partition coefficient (Wildman–Crippen LogP) is 4.10. The van der Waals surface area contributed by atoms with Crippen LogP contribution >= 0.6 is 11.8 Å². The minimum atomic E-state index is 0.0124. The lowest BCUT2D eigenvalue weighted by Crippen LogP contribution is -2.30. The number of para-hydroxylation sites is 1. The zero-order valence-electron chi connectivity index (χ0n) is 14.2. The van der Waals surface area contributed by atoms with Crippen molar-refractivity contribution in [2.75, 3.05) is 25.2 Å². The molecule has 0 atom stereocenters. The molecule has 0 saturated heterocycles. The molecule has 2 aromatic rings. The second-order valence-electron chi connectivity index (χ2n) is 5.92. The van der Waals surface area contributed by atoms with E-state index in [0.29, 0.717) is 6.54 Å². The molecule has 0 bridgehead atoms. The lowest BCUT2D eigenvalue weighted by atomic mass is 10.1. The molecule has 0 unspecified atom stereocenters. The van der Waals surface area contributed by atoms with E-state index in [1.54, 1.807) is 11.8 Å². The summed E-state index contributed by atoms with van der Waals surface area (Å²) >= 11 is 1.63. The number of anilines is 1. The Labute approximate surface area is 143 Å². The molecule has 2 aromatic carbocycles. The van der Waals surface area contributed by atoms with Crippen molar-refractivity contribution in [1.29, 1.82) is 0 Å². The summed E-state index contributed by atoms with van der Waals surface area (Å²) in [5.74, 6) is 0.0124. The van der Waals surface area contributed by atoms with Gasteiger partial charge in [0.25, 0.3) is 0 Å². The summed E-state index contributed by atoms with van der Waals surface area (Å²) in [6, 6.07) is 14.4. The van der Waals surface area contributed by atoms with Gasteiger partial charge in [-0.25, -0.2) is 0 Å². The zero-order valence-corrected chi connectivity index (χ0v) is 15.0. The average Bonchev–Trinajstić information content (AvgIpc) is 2.46. The lowest BCUT2D eigenvalue weighted by Gasteiger charge is -2.18. The number of benzene rings is 2. The molecule has 23 heavy (non-hydrogen) atoms. The van der Waals surface area contributed by atoms with E-state index in [1.807, 2.05) is 42.5 Å². The van der Waals surface area contributed by atoms with Crippen molar-refractivity contribution in [1.82, 2.24) is 4.90 Å². The molecule has 2 rings (SSSR count). The number of aryl methyl sites for hydroxylation is 2. The largest absolute Gasteiger partial charge is 0.324 e. The Morgan fingerprint density at radius 2 is 1.78 bits per heavy atom. The van der Waals surface area contributed by atoms with Crippen molar-refractivity contribution >= 4 is 23.4 Å². The molecular formula is C19H24N2OS. The maximum Gasteiger partial charge on any atom is 0.238 e. The molecule has 0 spiro atoms. The van der Waals surface area contributed by atoms with Gasteiger partial charge in [-0.2, -0.15) is 0 Å². The Bertz CT molecular complexity index is 665. The molecule has 1 amide bonds. The van der Waals surface area contributed by atoms with Gasteiger partial charge < -0.3 is 5.32 Å². The van der Waals surface area contributed by atoms with Crippen LogP contribution in [0.4, 0.5) is 5.69 Å². The first-order valence-corrected chi connectivity index (χ1v) is 8.89. The van der Waals surface area contributed by atoms with Gasteiger partial charge in [-0.05, 0) is 44.8 Å². The third-order valence-corrected chi connectivity index (χ3v) is 4.32. The van der Waals surface area contributed by atoms with Crippen molar-refractivity contribution in [2.24, 2.45) is 0 Å². The van der Waals surface area contributed by atoms with E-state index in [0.717, 1.165) is 17.1 Å². The molecule has 0 saturated carbocycles. The summed E-state index contributed by atoms with van der Waals surface area (Å²) < 4.78 is 0. The maximum atomic E-state index is 12.3. The van der Waals surface area contributed by atoms with E-state index in [9.17, 15) is 4.79 Å². The fraction of sp³-hybridized carbons (Fsp3) is 0.316. The molecule has 3 nitrogen and oxygen atoms in total. The number of likely N-dealkylation sites (N-methyl/N-ethyl adjacent to an activating group) is 1. The van der Waals surface area contributed by atoms with Gasteiger partial charge in [-0.3, -0.25) is 9.69 Å². The number of carbonyl (C=O) groups is 1. The fourth-order valence-electron chi connectivity index (χ4n) is 2.71. The molecule has 0 heterocycles. The van der Waals surface area contributed by atoms with Crippen LogP contribution in [0, 0.1) is 13.8 Å². The first-order chi connectivity index (χ1) is 11.0. The predicted molar refractivity (Wildman–Crippen MR) is 99.1 cm³/mol. The lowest BCUT2D eigenvalue weighted by molar-refractivity contribution is -0.117. The van der Waals surface area contributed by atoms with Crippen LogP contribution in [0.5, 0.6) is 0 Å². The molecular weight excluding hydrogens is 304 g/mol. The third-order valence-electron chi connectivity index (χ3n) is 3.53. The normalized spacial score (nSPS) is 10.8. The van der Waals surface area contributed by atoms with Crippen LogP contribution < -0.4 is 5.32 Å². The van der Waals surface area contributed by atoms with Gasteiger partial charge in [-0.1, -0.05) is 41.5 Å². The standard InChI is InChI=1S/C19H24N2OS/c1-14-9-15(2)11-16(10-14)12-21(3)13-19(22)20-17-7-5-6-8-18(17)23-4/h5-11H,12-13H2,1-4H3,(H,20,22). The number of rotatable bonds is 6. The van der Waals surface area contributed by atoms with Crippen LogP contribution in [-0.4, -0.2) is 30.7 Å². The maximum absolute atomic E-state index is 12.3. The number of hydrogen-bond acceptors (Lipinski definition) is 3. The van der Waals surface area contributed by atoms with Crippen LogP contribution in [-0.2, 0) is 11.3 Å². The van der Waals surface area contributed by atoms with Crippen molar-refractivity contribution in [3.63, 3.8) is 0 Å². The van der Waals surface area contributed by atoms with Crippen LogP contribution in [0.2, 0.25) is 0 Å². The summed E-state index contributed by atoms with van der Waals surface area (Å²) in [6.07, 6.45) is 2.01. The second kappa shape index (κ2) is 8.18. The van der Waals surface area contributed by atoms with Gasteiger partial charge in [0.05, 0.1) is 12.2 Å². The van der Waals surface area contributed by atoms with Gasteiger partial charge in [0.15, 0.2) is 0 Å². The Hall–Kier alpha value is -1.78. The first kappa shape index (κ1) is 17.6. The molecule has 0 fully saturated rings. The number of carbonyl (C=O) groups excluding carboxylic acids is 1. The van der Waals surface area contributed by atoms with Gasteiger partial charge in [0.2, 0.25) is 5.91 Å². The quantitative estimate of drug-likeness (QED) is 0.811. The first-order valence-electron chi connectivity index (χ1n) is 7.66. The van der Waals surface area contributed by atoms with Gasteiger partial charge in [0.1, 0.15) is 0 Å². The molecule has 0 radical (unpaired) electrons. The SMILES string of the molecule is CSc1ccccc1NC(=O)CN(C)Cc1cc(C)cc(C)c1. The molecule has 1 N–H and O–H groups in total. The number of nitrogens with zero attached hydrogens (tertiary/aromatic N) is 1. The minimum Gasteiger partial charge on any atom is -0.324 e.